The van der Waals surface area contributed by atoms with Gasteiger partial charge >= 0.3 is 0 Å². The smallest absolute Gasteiger partial charge is 0.261 e. The molecule has 5 nitrogen and oxygen atoms in total. The second-order valence-electron chi connectivity index (χ2n) is 6.96. The molecule has 0 bridgehead atoms. The standard InChI is InChI=1S/C20H24N4O/c25-19(24-12-6-8-15-7-4-5-11-18(15)24)16-13-21-20(22-14-16)23-17-9-2-1-3-10-17/h4-5,7,11,13-14,17H,1-3,6,8-10,12H2,(H,21,22,23). The highest BCUT2D eigenvalue weighted by molar-refractivity contribution is 6.06. The Bertz CT molecular complexity index is 738. The zero-order valence-corrected chi connectivity index (χ0v) is 14.4. The summed E-state index contributed by atoms with van der Waals surface area (Å²) in [6.45, 7) is 0.748. The summed E-state index contributed by atoms with van der Waals surface area (Å²) in [5.41, 5.74) is 2.80. The number of aromatic nitrogens is 2. The predicted octanol–water partition coefficient (Wildman–Crippen LogP) is 3.81. The van der Waals surface area contributed by atoms with Crippen LogP contribution < -0.4 is 10.2 Å². The van der Waals surface area contributed by atoms with Crippen LogP contribution in [0.5, 0.6) is 0 Å². The molecule has 0 saturated heterocycles. The minimum Gasteiger partial charge on any atom is -0.351 e. The first-order valence-electron chi connectivity index (χ1n) is 9.29. The fourth-order valence-corrected chi connectivity index (χ4v) is 3.84. The van der Waals surface area contributed by atoms with Crippen LogP contribution in [0.2, 0.25) is 0 Å². The lowest BCUT2D eigenvalue weighted by Gasteiger charge is -2.29. The molecule has 1 aliphatic carbocycles. The Kier molecular flexibility index (Phi) is 4.63. The van der Waals surface area contributed by atoms with Crippen molar-refractivity contribution in [3.05, 3.63) is 47.8 Å². The second kappa shape index (κ2) is 7.21. The maximum absolute atomic E-state index is 12.9. The molecule has 4 rings (SSSR count). The summed E-state index contributed by atoms with van der Waals surface area (Å²) >= 11 is 0. The molecule has 1 aliphatic heterocycles. The monoisotopic (exact) mass is 336 g/mol. The Morgan fingerprint density at radius 3 is 2.60 bits per heavy atom. The molecule has 1 fully saturated rings. The van der Waals surface area contributed by atoms with Gasteiger partial charge in [-0.1, -0.05) is 37.5 Å². The van der Waals surface area contributed by atoms with E-state index in [0.717, 1.165) is 25.1 Å². The van der Waals surface area contributed by atoms with Gasteiger partial charge in [0, 0.05) is 30.7 Å². The molecule has 0 atom stereocenters. The third-order valence-electron chi connectivity index (χ3n) is 5.19. The number of aryl methyl sites for hydroxylation is 1. The Hall–Kier alpha value is -2.43. The third kappa shape index (κ3) is 3.50. The van der Waals surface area contributed by atoms with Gasteiger partial charge in [0.2, 0.25) is 5.95 Å². The number of nitrogens with zero attached hydrogens (tertiary/aromatic N) is 3. The molecule has 2 heterocycles. The Labute approximate surface area is 148 Å². The van der Waals surface area contributed by atoms with Gasteiger partial charge in [-0.15, -0.1) is 0 Å². The molecular formula is C20H24N4O. The lowest BCUT2D eigenvalue weighted by Crippen LogP contribution is -2.35. The van der Waals surface area contributed by atoms with Crippen LogP contribution in [0.25, 0.3) is 0 Å². The fourth-order valence-electron chi connectivity index (χ4n) is 3.84. The quantitative estimate of drug-likeness (QED) is 0.926. The van der Waals surface area contributed by atoms with Gasteiger partial charge in [-0.2, -0.15) is 0 Å². The lowest BCUT2D eigenvalue weighted by molar-refractivity contribution is 0.0984. The molecule has 1 aromatic carbocycles. The molecule has 130 valence electrons. The van der Waals surface area contributed by atoms with Crippen LogP contribution >= 0.6 is 0 Å². The highest BCUT2D eigenvalue weighted by Crippen LogP contribution is 2.28. The molecule has 2 aliphatic rings. The van der Waals surface area contributed by atoms with E-state index in [1.54, 1.807) is 12.4 Å². The number of nitrogens with one attached hydrogen (secondary N) is 1. The Balaban J connectivity index is 1.48. The summed E-state index contributed by atoms with van der Waals surface area (Å²) in [5.74, 6) is 0.610. The topological polar surface area (TPSA) is 58.1 Å². The molecule has 0 unspecified atom stereocenters. The largest absolute Gasteiger partial charge is 0.351 e. The molecule has 1 amide bonds. The fraction of sp³-hybridized carbons (Fsp3) is 0.450. The second-order valence-corrected chi connectivity index (χ2v) is 6.96. The molecule has 1 aromatic heterocycles. The number of carbonyl (C=O) groups excluding carboxylic acids is 1. The SMILES string of the molecule is O=C(c1cnc(NC2CCCCC2)nc1)N1CCCc2ccccc21. The highest BCUT2D eigenvalue weighted by Gasteiger charge is 2.24. The minimum atomic E-state index is -0.0173. The van der Waals surface area contributed by atoms with E-state index >= 15 is 0 Å². The van der Waals surface area contributed by atoms with Crippen molar-refractivity contribution in [1.29, 1.82) is 0 Å². The first-order chi connectivity index (χ1) is 12.3. The number of hydrogen-bond acceptors (Lipinski definition) is 4. The molecule has 0 radical (unpaired) electrons. The van der Waals surface area contributed by atoms with E-state index in [9.17, 15) is 4.79 Å². The maximum atomic E-state index is 12.9. The van der Waals surface area contributed by atoms with E-state index < -0.39 is 0 Å². The Morgan fingerprint density at radius 1 is 1.04 bits per heavy atom. The van der Waals surface area contributed by atoms with Crippen molar-refractivity contribution in [2.24, 2.45) is 0 Å². The normalized spacial score (nSPS) is 17.8. The molecular weight excluding hydrogens is 312 g/mol. The number of rotatable bonds is 3. The van der Waals surface area contributed by atoms with Crippen LogP contribution in [0.1, 0.15) is 54.4 Å². The maximum Gasteiger partial charge on any atom is 0.261 e. The van der Waals surface area contributed by atoms with Crippen LogP contribution in [0.15, 0.2) is 36.7 Å². The van der Waals surface area contributed by atoms with Gasteiger partial charge in [-0.25, -0.2) is 9.97 Å². The molecule has 0 spiro atoms. The van der Waals surface area contributed by atoms with E-state index in [1.807, 2.05) is 23.1 Å². The summed E-state index contributed by atoms with van der Waals surface area (Å²) in [6.07, 6.45) is 11.5. The van der Waals surface area contributed by atoms with Gasteiger partial charge < -0.3 is 10.2 Å². The van der Waals surface area contributed by atoms with Crippen molar-refractivity contribution < 1.29 is 4.79 Å². The summed E-state index contributed by atoms with van der Waals surface area (Å²) < 4.78 is 0. The van der Waals surface area contributed by atoms with Gasteiger partial charge in [0.15, 0.2) is 0 Å². The number of anilines is 2. The zero-order chi connectivity index (χ0) is 17.1. The Morgan fingerprint density at radius 2 is 1.80 bits per heavy atom. The number of para-hydroxylation sites is 1. The van der Waals surface area contributed by atoms with Gasteiger partial charge in [0.25, 0.3) is 5.91 Å². The van der Waals surface area contributed by atoms with Gasteiger partial charge in [-0.3, -0.25) is 4.79 Å². The number of carbonyl (C=O) groups is 1. The lowest BCUT2D eigenvalue weighted by atomic mass is 9.96. The van der Waals surface area contributed by atoms with Crippen molar-refractivity contribution in [2.75, 3.05) is 16.8 Å². The summed E-state index contributed by atoms with van der Waals surface area (Å²) in [5, 5.41) is 3.40. The number of hydrogen-bond donors (Lipinski definition) is 1. The van der Waals surface area contributed by atoms with Crippen molar-refractivity contribution in [3.63, 3.8) is 0 Å². The van der Waals surface area contributed by atoms with Crippen LogP contribution in [0, 0.1) is 0 Å². The van der Waals surface area contributed by atoms with Crippen LogP contribution in [-0.4, -0.2) is 28.5 Å². The molecule has 2 aromatic rings. The number of fused-ring (bicyclic) bond motifs is 1. The number of amides is 1. The van der Waals surface area contributed by atoms with Crippen molar-refractivity contribution in [1.82, 2.24) is 9.97 Å². The van der Waals surface area contributed by atoms with E-state index in [-0.39, 0.29) is 5.91 Å². The number of benzene rings is 1. The first-order valence-corrected chi connectivity index (χ1v) is 9.29. The molecule has 1 N–H and O–H groups in total. The summed E-state index contributed by atoms with van der Waals surface area (Å²) in [4.78, 5) is 23.5. The average molecular weight is 336 g/mol. The molecule has 5 heteroatoms. The third-order valence-corrected chi connectivity index (χ3v) is 5.19. The average Bonchev–Trinajstić information content (AvgIpc) is 2.68. The van der Waals surface area contributed by atoms with E-state index in [1.165, 1.54) is 37.7 Å². The van der Waals surface area contributed by atoms with Crippen LogP contribution in [0.4, 0.5) is 11.6 Å². The van der Waals surface area contributed by atoms with E-state index in [0.29, 0.717) is 17.6 Å². The van der Waals surface area contributed by atoms with Crippen molar-refractivity contribution >= 4 is 17.5 Å². The van der Waals surface area contributed by atoms with Crippen molar-refractivity contribution in [2.45, 2.75) is 51.0 Å². The van der Waals surface area contributed by atoms with Gasteiger partial charge in [0.1, 0.15) is 0 Å². The predicted molar refractivity (Wildman–Crippen MR) is 99.0 cm³/mol. The molecule has 25 heavy (non-hydrogen) atoms. The van der Waals surface area contributed by atoms with Gasteiger partial charge in [-0.05, 0) is 37.3 Å². The summed E-state index contributed by atoms with van der Waals surface area (Å²) in [7, 11) is 0. The molecule has 1 saturated carbocycles. The summed E-state index contributed by atoms with van der Waals surface area (Å²) in [6, 6.07) is 8.60. The van der Waals surface area contributed by atoms with Crippen LogP contribution in [-0.2, 0) is 6.42 Å². The van der Waals surface area contributed by atoms with E-state index in [2.05, 4.69) is 21.4 Å². The van der Waals surface area contributed by atoms with Crippen LogP contribution in [0.3, 0.4) is 0 Å². The highest BCUT2D eigenvalue weighted by atomic mass is 16.2. The minimum absolute atomic E-state index is 0.0173. The van der Waals surface area contributed by atoms with E-state index in [4.69, 9.17) is 0 Å². The van der Waals surface area contributed by atoms with Gasteiger partial charge in [0.05, 0.1) is 5.56 Å². The zero-order valence-electron chi connectivity index (χ0n) is 14.4. The first kappa shape index (κ1) is 16.1. The van der Waals surface area contributed by atoms with Crippen molar-refractivity contribution in [3.8, 4) is 0 Å².